The molecular formula is C23H22F3N7. The number of fused-ring (bicyclic) bond motifs is 2. The minimum Gasteiger partial charge on any atom is -0.354 e. The zero-order valence-corrected chi connectivity index (χ0v) is 17.7. The summed E-state index contributed by atoms with van der Waals surface area (Å²) in [4.78, 5) is 22.7. The standard InChI is InChI=1S/C23H22F3N7/c24-23(25,26)18-8-15-14(5-6-29-20(15)31-18)21-30-17-10-28-9-16(12-3-4-12)19(17)22(32-21)33-7-1-2-13(27)11-33/h5-6,8-10,12-13H,1-4,7,11,27H2,(H,29,31). The number of hydrogen-bond acceptors (Lipinski definition) is 6. The van der Waals surface area contributed by atoms with Gasteiger partial charge < -0.3 is 15.6 Å². The van der Waals surface area contributed by atoms with E-state index in [1.165, 1.54) is 6.20 Å². The first-order valence-electron chi connectivity index (χ1n) is 11.1. The second-order valence-corrected chi connectivity index (χ2v) is 8.92. The number of nitrogens with zero attached hydrogens (tertiary/aromatic N) is 5. The van der Waals surface area contributed by atoms with Crippen LogP contribution in [0.4, 0.5) is 19.0 Å². The van der Waals surface area contributed by atoms with Crippen LogP contribution in [0.2, 0.25) is 0 Å². The first kappa shape index (κ1) is 20.3. The topological polar surface area (TPSA) is 96.6 Å². The molecule has 33 heavy (non-hydrogen) atoms. The highest BCUT2D eigenvalue weighted by atomic mass is 19.4. The number of alkyl halides is 3. The second-order valence-electron chi connectivity index (χ2n) is 8.92. The van der Waals surface area contributed by atoms with Gasteiger partial charge in [-0.3, -0.25) is 4.98 Å². The molecule has 1 saturated carbocycles. The van der Waals surface area contributed by atoms with Crippen LogP contribution in [0.3, 0.4) is 0 Å². The van der Waals surface area contributed by atoms with Gasteiger partial charge in [-0.25, -0.2) is 15.0 Å². The van der Waals surface area contributed by atoms with Crippen LogP contribution in [0.5, 0.6) is 0 Å². The molecule has 4 aromatic rings. The van der Waals surface area contributed by atoms with E-state index in [1.54, 1.807) is 12.3 Å². The lowest BCUT2D eigenvalue weighted by atomic mass is 10.0. The maximum absolute atomic E-state index is 13.3. The van der Waals surface area contributed by atoms with Crippen LogP contribution in [-0.2, 0) is 6.18 Å². The van der Waals surface area contributed by atoms with Crippen molar-refractivity contribution in [1.82, 2.24) is 24.9 Å². The van der Waals surface area contributed by atoms with Crippen molar-refractivity contribution < 1.29 is 13.2 Å². The fraction of sp³-hybridized carbons (Fsp3) is 0.391. The molecule has 0 bridgehead atoms. The molecule has 2 fully saturated rings. The van der Waals surface area contributed by atoms with Crippen molar-refractivity contribution in [3.05, 3.63) is 42.0 Å². The summed E-state index contributed by atoms with van der Waals surface area (Å²) in [5.41, 5.74) is 7.88. The molecule has 4 aromatic heterocycles. The van der Waals surface area contributed by atoms with E-state index in [2.05, 4.69) is 19.9 Å². The van der Waals surface area contributed by atoms with Gasteiger partial charge in [0.2, 0.25) is 0 Å². The summed E-state index contributed by atoms with van der Waals surface area (Å²) in [5.74, 6) is 1.58. The third kappa shape index (κ3) is 3.58. The van der Waals surface area contributed by atoms with Crippen molar-refractivity contribution in [2.24, 2.45) is 5.73 Å². The lowest BCUT2D eigenvalue weighted by molar-refractivity contribution is -0.140. The van der Waals surface area contributed by atoms with Crippen LogP contribution >= 0.6 is 0 Å². The van der Waals surface area contributed by atoms with E-state index in [1.807, 2.05) is 6.20 Å². The lowest BCUT2D eigenvalue weighted by Gasteiger charge is -2.33. The number of nitrogens with one attached hydrogen (secondary N) is 1. The molecule has 5 heterocycles. The molecule has 1 aliphatic heterocycles. The van der Waals surface area contributed by atoms with Gasteiger partial charge in [-0.1, -0.05) is 0 Å². The van der Waals surface area contributed by atoms with E-state index in [0.717, 1.165) is 55.1 Å². The Morgan fingerprint density at radius 1 is 1.12 bits per heavy atom. The highest BCUT2D eigenvalue weighted by Crippen LogP contribution is 2.45. The number of H-pyrrole nitrogens is 1. The quantitative estimate of drug-likeness (QED) is 0.478. The molecule has 0 amide bonds. The van der Waals surface area contributed by atoms with Crippen LogP contribution in [0.1, 0.15) is 42.9 Å². The van der Waals surface area contributed by atoms with Gasteiger partial charge in [0, 0.05) is 47.9 Å². The summed E-state index contributed by atoms with van der Waals surface area (Å²) in [6.45, 7) is 1.49. The molecule has 2 aliphatic rings. The number of hydrogen-bond donors (Lipinski definition) is 2. The molecule has 10 heteroatoms. The minimum absolute atomic E-state index is 0.0464. The number of anilines is 1. The first-order chi connectivity index (χ1) is 15.9. The number of piperidine rings is 1. The van der Waals surface area contributed by atoms with Crippen molar-refractivity contribution >= 4 is 27.8 Å². The summed E-state index contributed by atoms with van der Waals surface area (Å²) < 4.78 is 40.0. The maximum Gasteiger partial charge on any atom is 0.431 e. The molecule has 6 rings (SSSR count). The Kier molecular flexibility index (Phi) is 4.55. The average Bonchev–Trinajstić information content (AvgIpc) is 3.54. The van der Waals surface area contributed by atoms with Gasteiger partial charge in [0.05, 0.1) is 11.7 Å². The highest BCUT2D eigenvalue weighted by molar-refractivity contribution is 5.97. The van der Waals surface area contributed by atoms with Crippen molar-refractivity contribution in [1.29, 1.82) is 0 Å². The summed E-state index contributed by atoms with van der Waals surface area (Å²) in [7, 11) is 0. The lowest BCUT2D eigenvalue weighted by Crippen LogP contribution is -2.43. The molecule has 1 atom stereocenters. The maximum atomic E-state index is 13.3. The van der Waals surface area contributed by atoms with E-state index in [-0.39, 0.29) is 11.7 Å². The number of aromatic amines is 1. The van der Waals surface area contributed by atoms with E-state index in [9.17, 15) is 13.2 Å². The van der Waals surface area contributed by atoms with Crippen LogP contribution < -0.4 is 10.6 Å². The molecule has 7 nitrogen and oxygen atoms in total. The Balaban J connectivity index is 1.58. The van der Waals surface area contributed by atoms with Crippen LogP contribution in [-0.4, -0.2) is 44.1 Å². The van der Waals surface area contributed by atoms with Crippen molar-refractivity contribution in [3.63, 3.8) is 0 Å². The molecule has 0 aromatic carbocycles. The van der Waals surface area contributed by atoms with Crippen LogP contribution in [0.25, 0.3) is 33.3 Å². The monoisotopic (exact) mass is 453 g/mol. The Labute approximate surface area is 187 Å². The number of halogens is 3. The SMILES string of the molecule is NC1CCCN(c2nc(-c3ccnc4[nH]c(C(F)(F)F)cc34)nc3cncc(C4CC4)c23)C1. The second kappa shape index (κ2) is 7.38. The van der Waals surface area contributed by atoms with Gasteiger partial charge in [0.1, 0.15) is 17.2 Å². The molecule has 3 N–H and O–H groups in total. The summed E-state index contributed by atoms with van der Waals surface area (Å²) in [6.07, 6.45) is 4.69. The molecule has 1 saturated heterocycles. The van der Waals surface area contributed by atoms with E-state index >= 15 is 0 Å². The zero-order chi connectivity index (χ0) is 22.7. The predicted octanol–water partition coefficient (Wildman–Crippen LogP) is 4.39. The molecule has 0 spiro atoms. The fourth-order valence-electron chi connectivity index (χ4n) is 4.72. The predicted molar refractivity (Wildman–Crippen MR) is 119 cm³/mol. The van der Waals surface area contributed by atoms with E-state index < -0.39 is 11.9 Å². The Hall–Kier alpha value is -3.27. The number of rotatable bonds is 3. The van der Waals surface area contributed by atoms with Crippen molar-refractivity contribution in [2.75, 3.05) is 18.0 Å². The Bertz CT molecular complexity index is 1360. The van der Waals surface area contributed by atoms with Gasteiger partial charge in [-0.05, 0) is 49.3 Å². The van der Waals surface area contributed by atoms with Gasteiger partial charge in [0.15, 0.2) is 5.82 Å². The average molecular weight is 453 g/mol. The third-order valence-electron chi connectivity index (χ3n) is 6.47. The summed E-state index contributed by atoms with van der Waals surface area (Å²) in [5, 5.41) is 1.30. The van der Waals surface area contributed by atoms with Gasteiger partial charge in [0.25, 0.3) is 0 Å². The van der Waals surface area contributed by atoms with E-state index in [4.69, 9.17) is 15.7 Å². The van der Waals surface area contributed by atoms with Gasteiger partial charge in [-0.15, -0.1) is 0 Å². The Morgan fingerprint density at radius 2 is 1.97 bits per heavy atom. The normalized spacial score (nSPS) is 19.5. The van der Waals surface area contributed by atoms with Crippen LogP contribution in [0, 0.1) is 0 Å². The zero-order valence-electron chi connectivity index (χ0n) is 17.7. The molecular weight excluding hydrogens is 431 g/mol. The van der Waals surface area contributed by atoms with Crippen LogP contribution in [0.15, 0.2) is 30.7 Å². The van der Waals surface area contributed by atoms with E-state index in [0.29, 0.717) is 34.8 Å². The largest absolute Gasteiger partial charge is 0.431 e. The molecule has 170 valence electrons. The fourth-order valence-corrected chi connectivity index (χ4v) is 4.72. The molecule has 1 aliphatic carbocycles. The highest BCUT2D eigenvalue weighted by Gasteiger charge is 2.34. The van der Waals surface area contributed by atoms with Gasteiger partial charge in [-0.2, -0.15) is 13.2 Å². The van der Waals surface area contributed by atoms with Crippen molar-refractivity contribution in [2.45, 2.75) is 43.8 Å². The molecule has 1 unspecified atom stereocenters. The van der Waals surface area contributed by atoms with Crippen molar-refractivity contribution in [3.8, 4) is 11.4 Å². The third-order valence-corrected chi connectivity index (χ3v) is 6.47. The minimum atomic E-state index is -4.50. The smallest absolute Gasteiger partial charge is 0.354 e. The number of pyridine rings is 2. The number of nitrogens with two attached hydrogens (primary N) is 1. The summed E-state index contributed by atoms with van der Waals surface area (Å²) in [6, 6.07) is 2.77. The Morgan fingerprint density at radius 3 is 2.73 bits per heavy atom. The van der Waals surface area contributed by atoms with Gasteiger partial charge >= 0.3 is 6.18 Å². The first-order valence-corrected chi connectivity index (χ1v) is 11.1. The molecule has 0 radical (unpaired) electrons. The number of aromatic nitrogens is 5. The summed E-state index contributed by atoms with van der Waals surface area (Å²) >= 11 is 0.